The van der Waals surface area contributed by atoms with Crippen LogP contribution < -0.4 is 4.72 Å². The van der Waals surface area contributed by atoms with Crippen LogP contribution in [-0.4, -0.2) is 18.2 Å². The predicted octanol–water partition coefficient (Wildman–Crippen LogP) is 3.20. The Kier molecular flexibility index (Phi) is 3.92. The van der Waals surface area contributed by atoms with E-state index in [9.17, 15) is 8.42 Å². The molecule has 0 saturated carbocycles. The Labute approximate surface area is 135 Å². The highest BCUT2D eigenvalue weighted by atomic mass is 32.2. The molecule has 0 saturated heterocycles. The van der Waals surface area contributed by atoms with Crippen LogP contribution in [0.3, 0.4) is 0 Å². The maximum absolute atomic E-state index is 12.8. The van der Waals surface area contributed by atoms with Crippen LogP contribution in [0.25, 0.3) is 11.3 Å². The molecule has 0 spiro atoms. The lowest BCUT2D eigenvalue weighted by molar-refractivity contribution is 0.601. The third kappa shape index (κ3) is 3.27. The molecule has 5 nitrogen and oxygen atoms in total. The van der Waals surface area contributed by atoms with Crippen molar-refractivity contribution < 1.29 is 8.42 Å². The minimum absolute atomic E-state index is 0.160. The molecule has 118 valence electrons. The van der Waals surface area contributed by atoms with Crippen LogP contribution in [-0.2, 0) is 17.1 Å². The first-order valence-electron chi connectivity index (χ1n) is 7.14. The molecule has 6 heteroatoms. The minimum atomic E-state index is -3.72. The quantitative estimate of drug-likeness (QED) is 0.800. The fourth-order valence-electron chi connectivity index (χ4n) is 2.38. The van der Waals surface area contributed by atoms with Gasteiger partial charge in [0.05, 0.1) is 0 Å². The third-order valence-electron chi connectivity index (χ3n) is 3.40. The van der Waals surface area contributed by atoms with Crippen molar-refractivity contribution in [1.29, 1.82) is 0 Å². The smallest absolute Gasteiger partial charge is 0.265 e. The SMILES string of the molecule is Cc1cccc(NS(=O)(=O)c2cn(C)nc2-c2ccccc2)c1. The van der Waals surface area contributed by atoms with E-state index in [-0.39, 0.29) is 4.90 Å². The van der Waals surface area contributed by atoms with Gasteiger partial charge in [0.1, 0.15) is 10.6 Å². The summed E-state index contributed by atoms with van der Waals surface area (Å²) in [5, 5.41) is 4.30. The second kappa shape index (κ2) is 5.89. The molecule has 0 aliphatic heterocycles. The molecule has 0 amide bonds. The van der Waals surface area contributed by atoms with Crippen LogP contribution in [0.15, 0.2) is 65.7 Å². The van der Waals surface area contributed by atoms with Crippen molar-refractivity contribution in [2.45, 2.75) is 11.8 Å². The normalized spacial score (nSPS) is 11.4. The van der Waals surface area contributed by atoms with Crippen molar-refractivity contribution in [3.05, 3.63) is 66.4 Å². The van der Waals surface area contributed by atoms with Gasteiger partial charge in [-0.3, -0.25) is 9.40 Å². The van der Waals surface area contributed by atoms with Gasteiger partial charge in [-0.25, -0.2) is 8.42 Å². The zero-order valence-corrected chi connectivity index (χ0v) is 13.7. The molecule has 0 bridgehead atoms. The van der Waals surface area contributed by atoms with Crippen LogP contribution in [0.2, 0.25) is 0 Å². The zero-order chi connectivity index (χ0) is 16.4. The highest BCUT2D eigenvalue weighted by Gasteiger charge is 2.23. The van der Waals surface area contributed by atoms with Crippen molar-refractivity contribution in [3.8, 4) is 11.3 Å². The highest BCUT2D eigenvalue weighted by Crippen LogP contribution is 2.27. The lowest BCUT2D eigenvalue weighted by atomic mass is 10.2. The molecule has 1 aromatic heterocycles. The number of rotatable bonds is 4. The average Bonchev–Trinajstić information content (AvgIpc) is 2.91. The molecule has 2 aromatic carbocycles. The summed E-state index contributed by atoms with van der Waals surface area (Å²) in [7, 11) is -2.01. The molecule has 3 rings (SSSR count). The molecule has 0 aliphatic carbocycles. The Morgan fingerprint density at radius 1 is 1.04 bits per heavy atom. The molecule has 0 unspecified atom stereocenters. The molecule has 3 aromatic rings. The Morgan fingerprint density at radius 2 is 1.78 bits per heavy atom. The van der Waals surface area contributed by atoms with Gasteiger partial charge in [-0.15, -0.1) is 0 Å². The fraction of sp³-hybridized carbons (Fsp3) is 0.118. The molecular formula is C17H17N3O2S. The molecule has 0 aliphatic rings. The van der Waals surface area contributed by atoms with Gasteiger partial charge in [-0.2, -0.15) is 5.10 Å². The number of sulfonamides is 1. The van der Waals surface area contributed by atoms with Crippen LogP contribution >= 0.6 is 0 Å². The van der Waals surface area contributed by atoms with E-state index in [0.29, 0.717) is 11.4 Å². The summed E-state index contributed by atoms with van der Waals surface area (Å²) in [6, 6.07) is 16.5. The zero-order valence-electron chi connectivity index (χ0n) is 12.9. The molecule has 0 fully saturated rings. The van der Waals surface area contributed by atoms with Gasteiger partial charge >= 0.3 is 0 Å². The highest BCUT2D eigenvalue weighted by molar-refractivity contribution is 7.92. The summed E-state index contributed by atoms with van der Waals surface area (Å²) in [6.45, 7) is 1.91. The Morgan fingerprint density at radius 3 is 2.48 bits per heavy atom. The number of aromatic nitrogens is 2. The van der Waals surface area contributed by atoms with E-state index in [0.717, 1.165) is 11.1 Å². The number of aryl methyl sites for hydroxylation is 2. The van der Waals surface area contributed by atoms with E-state index in [1.165, 1.54) is 10.9 Å². The lowest BCUT2D eigenvalue weighted by Crippen LogP contribution is -2.13. The summed E-state index contributed by atoms with van der Waals surface area (Å²) >= 11 is 0. The molecule has 0 atom stereocenters. The average molecular weight is 327 g/mol. The van der Waals surface area contributed by atoms with E-state index in [1.807, 2.05) is 49.4 Å². The van der Waals surface area contributed by atoms with Gasteiger partial charge in [-0.1, -0.05) is 42.5 Å². The van der Waals surface area contributed by atoms with Gasteiger partial charge in [0.25, 0.3) is 10.0 Å². The summed E-state index contributed by atoms with van der Waals surface area (Å²) < 4.78 is 29.6. The van der Waals surface area contributed by atoms with Crippen LogP contribution in [0.5, 0.6) is 0 Å². The fourth-order valence-corrected chi connectivity index (χ4v) is 3.63. The molecule has 23 heavy (non-hydrogen) atoms. The second-order valence-electron chi connectivity index (χ2n) is 5.36. The van der Waals surface area contributed by atoms with E-state index in [2.05, 4.69) is 9.82 Å². The van der Waals surface area contributed by atoms with Crippen LogP contribution in [0.1, 0.15) is 5.56 Å². The van der Waals surface area contributed by atoms with Gasteiger partial charge < -0.3 is 0 Å². The Balaban J connectivity index is 2.04. The number of anilines is 1. The molecular weight excluding hydrogens is 310 g/mol. The van der Waals surface area contributed by atoms with E-state index in [1.54, 1.807) is 19.2 Å². The van der Waals surface area contributed by atoms with Gasteiger partial charge in [0, 0.05) is 24.5 Å². The maximum atomic E-state index is 12.8. The van der Waals surface area contributed by atoms with Crippen molar-refractivity contribution in [2.75, 3.05) is 4.72 Å². The predicted molar refractivity (Wildman–Crippen MR) is 90.6 cm³/mol. The Hall–Kier alpha value is -2.60. The summed E-state index contributed by atoms with van der Waals surface area (Å²) in [6.07, 6.45) is 1.51. The lowest BCUT2D eigenvalue weighted by Gasteiger charge is -2.08. The van der Waals surface area contributed by atoms with Crippen molar-refractivity contribution in [1.82, 2.24) is 9.78 Å². The molecule has 1 heterocycles. The van der Waals surface area contributed by atoms with Gasteiger partial charge in [-0.05, 0) is 24.6 Å². The first kappa shape index (κ1) is 15.3. The second-order valence-corrected chi connectivity index (χ2v) is 7.01. The topological polar surface area (TPSA) is 64.0 Å². The minimum Gasteiger partial charge on any atom is -0.280 e. The largest absolute Gasteiger partial charge is 0.280 e. The summed E-state index contributed by atoms with van der Waals surface area (Å²) in [5.41, 5.74) is 2.72. The number of hydrogen-bond donors (Lipinski definition) is 1. The first-order chi connectivity index (χ1) is 11.0. The van der Waals surface area contributed by atoms with E-state index >= 15 is 0 Å². The third-order valence-corrected chi connectivity index (χ3v) is 4.78. The van der Waals surface area contributed by atoms with Crippen LogP contribution in [0, 0.1) is 6.92 Å². The van der Waals surface area contributed by atoms with Gasteiger partial charge in [0.15, 0.2) is 0 Å². The van der Waals surface area contributed by atoms with Gasteiger partial charge in [0.2, 0.25) is 0 Å². The van der Waals surface area contributed by atoms with Crippen molar-refractivity contribution in [3.63, 3.8) is 0 Å². The Bertz CT molecular complexity index is 931. The van der Waals surface area contributed by atoms with Crippen molar-refractivity contribution in [2.24, 2.45) is 7.05 Å². The van der Waals surface area contributed by atoms with Crippen molar-refractivity contribution >= 4 is 15.7 Å². The monoisotopic (exact) mass is 327 g/mol. The number of nitrogens with zero attached hydrogens (tertiary/aromatic N) is 2. The molecule has 0 radical (unpaired) electrons. The summed E-state index contributed by atoms with van der Waals surface area (Å²) in [5.74, 6) is 0. The van der Waals surface area contributed by atoms with E-state index < -0.39 is 10.0 Å². The standard InChI is InChI=1S/C17H17N3O2S/c1-13-7-6-10-15(11-13)19-23(21,22)16-12-20(2)18-17(16)14-8-4-3-5-9-14/h3-12,19H,1-2H3. The number of nitrogens with one attached hydrogen (secondary N) is 1. The maximum Gasteiger partial charge on any atom is 0.265 e. The number of benzene rings is 2. The summed E-state index contributed by atoms with van der Waals surface area (Å²) in [4.78, 5) is 0.160. The number of hydrogen-bond acceptors (Lipinski definition) is 3. The first-order valence-corrected chi connectivity index (χ1v) is 8.62. The molecule has 1 N–H and O–H groups in total. The van der Waals surface area contributed by atoms with E-state index in [4.69, 9.17) is 0 Å². The van der Waals surface area contributed by atoms with Crippen LogP contribution in [0.4, 0.5) is 5.69 Å².